The summed E-state index contributed by atoms with van der Waals surface area (Å²) in [7, 11) is 0. The molecule has 0 N–H and O–H groups in total. The van der Waals surface area contributed by atoms with Crippen molar-refractivity contribution in [2.24, 2.45) is 11.3 Å². The Labute approximate surface area is 97.8 Å². The average molecular weight is 211 g/mol. The van der Waals surface area contributed by atoms with E-state index in [4.69, 9.17) is 0 Å². The van der Waals surface area contributed by atoms with E-state index in [0.29, 0.717) is 5.41 Å². The molecule has 0 heterocycles. The van der Waals surface area contributed by atoms with Gasteiger partial charge in [-0.2, -0.15) is 0 Å². The molecule has 0 saturated heterocycles. The molecule has 0 aromatic carbocycles. The number of hydrogen-bond acceptors (Lipinski definition) is 0. The summed E-state index contributed by atoms with van der Waals surface area (Å²) in [6.07, 6.45) is 10.9. The molecule has 15 heavy (non-hydrogen) atoms. The van der Waals surface area contributed by atoms with E-state index in [9.17, 15) is 0 Å². The van der Waals surface area contributed by atoms with Crippen molar-refractivity contribution in [3.05, 3.63) is 6.92 Å². The van der Waals surface area contributed by atoms with Crippen LogP contribution in [-0.2, 0) is 0 Å². The fraction of sp³-hybridized carbons (Fsp3) is 0.933. The zero-order chi connectivity index (χ0) is 11.7. The molecule has 0 fully saturated rings. The Hall–Kier alpha value is 0. The Morgan fingerprint density at radius 2 is 1.33 bits per heavy atom. The Balaban J connectivity index is 3.24. The second-order valence-corrected chi connectivity index (χ2v) is 6.03. The van der Waals surface area contributed by atoms with Crippen LogP contribution in [0, 0.1) is 18.3 Å². The van der Waals surface area contributed by atoms with Gasteiger partial charge in [0.05, 0.1) is 0 Å². The molecular weight excluding hydrogens is 180 g/mol. The number of hydrogen-bond donors (Lipinski definition) is 0. The lowest BCUT2D eigenvalue weighted by Crippen LogP contribution is -2.16. The summed E-state index contributed by atoms with van der Waals surface area (Å²) in [5.41, 5.74) is 0.494. The Morgan fingerprint density at radius 3 is 1.80 bits per heavy atom. The quantitative estimate of drug-likeness (QED) is 0.457. The van der Waals surface area contributed by atoms with Crippen LogP contribution in [-0.4, -0.2) is 0 Å². The second kappa shape index (κ2) is 8.19. The normalized spacial score (nSPS) is 14.2. The second-order valence-electron chi connectivity index (χ2n) is 6.03. The molecule has 0 nitrogen and oxygen atoms in total. The van der Waals surface area contributed by atoms with Crippen molar-refractivity contribution in [3.8, 4) is 0 Å². The summed E-state index contributed by atoms with van der Waals surface area (Å²) in [6.45, 7) is 13.3. The molecule has 0 amide bonds. The van der Waals surface area contributed by atoms with Gasteiger partial charge in [-0.1, -0.05) is 86.0 Å². The minimum atomic E-state index is 0.494. The molecule has 91 valence electrons. The zero-order valence-corrected chi connectivity index (χ0v) is 11.4. The van der Waals surface area contributed by atoms with Crippen molar-refractivity contribution in [3.63, 3.8) is 0 Å². The maximum absolute atomic E-state index is 3.87. The average Bonchev–Trinajstić information content (AvgIpc) is 2.14. The summed E-state index contributed by atoms with van der Waals surface area (Å²) in [6, 6.07) is 0. The van der Waals surface area contributed by atoms with E-state index in [2.05, 4.69) is 34.6 Å². The van der Waals surface area contributed by atoms with Crippen LogP contribution in [0.4, 0.5) is 0 Å². The molecular formula is C15H31. The molecule has 0 rings (SSSR count). The third-order valence-electron chi connectivity index (χ3n) is 3.62. The van der Waals surface area contributed by atoms with Crippen LogP contribution < -0.4 is 0 Å². The van der Waals surface area contributed by atoms with E-state index in [0.717, 1.165) is 12.3 Å². The van der Waals surface area contributed by atoms with E-state index in [1.54, 1.807) is 0 Å². The molecule has 0 spiro atoms. The maximum atomic E-state index is 3.87. The highest BCUT2D eigenvalue weighted by Gasteiger charge is 2.18. The van der Waals surface area contributed by atoms with Crippen molar-refractivity contribution >= 4 is 0 Å². The van der Waals surface area contributed by atoms with E-state index >= 15 is 0 Å². The third kappa shape index (κ3) is 8.96. The molecule has 0 aliphatic heterocycles. The summed E-state index contributed by atoms with van der Waals surface area (Å²) < 4.78 is 0. The highest BCUT2D eigenvalue weighted by atomic mass is 14.2. The summed E-state index contributed by atoms with van der Waals surface area (Å²) >= 11 is 0. The molecule has 1 radical (unpaired) electrons. The van der Waals surface area contributed by atoms with Crippen LogP contribution in [0.15, 0.2) is 0 Å². The van der Waals surface area contributed by atoms with Crippen LogP contribution >= 0.6 is 0 Å². The van der Waals surface area contributed by atoms with Gasteiger partial charge in [0, 0.05) is 0 Å². The summed E-state index contributed by atoms with van der Waals surface area (Å²) in [4.78, 5) is 0. The van der Waals surface area contributed by atoms with Crippen molar-refractivity contribution in [1.82, 2.24) is 0 Å². The van der Waals surface area contributed by atoms with E-state index < -0.39 is 0 Å². The smallest absolute Gasteiger partial charge is 0.0357 e. The van der Waals surface area contributed by atoms with Crippen LogP contribution in [0.3, 0.4) is 0 Å². The highest BCUT2D eigenvalue weighted by Crippen LogP contribution is 2.29. The molecule has 1 unspecified atom stereocenters. The van der Waals surface area contributed by atoms with Gasteiger partial charge in [0.25, 0.3) is 0 Å². The number of rotatable bonds is 8. The molecule has 0 heteroatoms. The van der Waals surface area contributed by atoms with Gasteiger partial charge in [-0.3, -0.25) is 0 Å². The lowest BCUT2D eigenvalue weighted by molar-refractivity contribution is 0.240. The molecule has 0 aromatic rings. The van der Waals surface area contributed by atoms with E-state index in [-0.39, 0.29) is 0 Å². The SMILES string of the molecule is [CH2]CCCCCCCCC(C)C(C)(C)C. The fourth-order valence-corrected chi connectivity index (χ4v) is 1.77. The molecule has 0 aliphatic carbocycles. The van der Waals surface area contributed by atoms with Crippen LogP contribution in [0.1, 0.15) is 79.1 Å². The lowest BCUT2D eigenvalue weighted by atomic mass is 9.79. The molecule has 1 atom stereocenters. The first kappa shape index (κ1) is 15.0. The molecule has 0 aromatic heterocycles. The fourth-order valence-electron chi connectivity index (χ4n) is 1.77. The van der Waals surface area contributed by atoms with Gasteiger partial charge in [0.2, 0.25) is 0 Å². The lowest BCUT2D eigenvalue weighted by Gasteiger charge is -2.27. The van der Waals surface area contributed by atoms with Crippen molar-refractivity contribution < 1.29 is 0 Å². The van der Waals surface area contributed by atoms with E-state index in [1.165, 1.54) is 44.9 Å². The van der Waals surface area contributed by atoms with Gasteiger partial charge in [-0.25, -0.2) is 0 Å². The van der Waals surface area contributed by atoms with Crippen molar-refractivity contribution in [2.75, 3.05) is 0 Å². The van der Waals surface area contributed by atoms with Crippen molar-refractivity contribution in [1.29, 1.82) is 0 Å². The Morgan fingerprint density at radius 1 is 0.867 bits per heavy atom. The molecule has 0 bridgehead atoms. The molecule has 0 aliphatic rings. The van der Waals surface area contributed by atoms with E-state index in [1.807, 2.05) is 0 Å². The summed E-state index contributed by atoms with van der Waals surface area (Å²) in [5.74, 6) is 0.859. The predicted molar refractivity (Wildman–Crippen MR) is 70.9 cm³/mol. The first-order valence-corrected chi connectivity index (χ1v) is 6.77. The van der Waals surface area contributed by atoms with Gasteiger partial charge in [-0.05, 0) is 11.3 Å². The number of unbranched alkanes of at least 4 members (excludes halogenated alkanes) is 6. The van der Waals surface area contributed by atoms with Crippen LogP contribution in [0.25, 0.3) is 0 Å². The van der Waals surface area contributed by atoms with Gasteiger partial charge < -0.3 is 0 Å². The van der Waals surface area contributed by atoms with Crippen LogP contribution in [0.2, 0.25) is 0 Å². The maximum Gasteiger partial charge on any atom is -0.0357 e. The zero-order valence-electron chi connectivity index (χ0n) is 11.4. The monoisotopic (exact) mass is 211 g/mol. The first-order valence-electron chi connectivity index (χ1n) is 6.77. The minimum absolute atomic E-state index is 0.494. The topological polar surface area (TPSA) is 0 Å². The first-order chi connectivity index (χ1) is 6.98. The standard InChI is InChI=1S/C15H31/c1-6-7-8-9-10-11-12-13-14(2)15(3,4)5/h14H,1,6-13H2,2-5H3. The largest absolute Gasteiger partial charge is 0.0620 e. The van der Waals surface area contributed by atoms with Crippen LogP contribution in [0.5, 0.6) is 0 Å². The van der Waals surface area contributed by atoms with Gasteiger partial charge in [-0.15, -0.1) is 0 Å². The highest BCUT2D eigenvalue weighted by molar-refractivity contribution is 4.69. The minimum Gasteiger partial charge on any atom is -0.0620 e. The Bertz CT molecular complexity index is 129. The predicted octanol–water partition coefficient (Wildman–Crippen LogP) is 5.62. The van der Waals surface area contributed by atoms with Gasteiger partial charge in [0.1, 0.15) is 0 Å². The Kier molecular flexibility index (Phi) is 8.19. The van der Waals surface area contributed by atoms with Gasteiger partial charge in [0.15, 0.2) is 0 Å². The molecule has 0 saturated carbocycles. The van der Waals surface area contributed by atoms with Gasteiger partial charge >= 0.3 is 0 Å². The summed E-state index contributed by atoms with van der Waals surface area (Å²) in [5, 5.41) is 0. The third-order valence-corrected chi connectivity index (χ3v) is 3.62. The van der Waals surface area contributed by atoms with Crippen molar-refractivity contribution in [2.45, 2.75) is 79.1 Å².